The third-order valence-electron chi connectivity index (χ3n) is 4.17. The van der Waals surface area contributed by atoms with Gasteiger partial charge < -0.3 is 0 Å². The normalized spacial score (nSPS) is 23.2. The van der Waals surface area contributed by atoms with Gasteiger partial charge in [0, 0.05) is 0 Å². The topological polar surface area (TPSA) is 0 Å². The van der Waals surface area contributed by atoms with Gasteiger partial charge in [-0.15, -0.1) is 0 Å². The van der Waals surface area contributed by atoms with E-state index in [0.29, 0.717) is 0 Å². The second-order valence-corrected chi connectivity index (χ2v) is 19.1. The maximum atomic E-state index is 2.57. The third kappa shape index (κ3) is 3.19. The zero-order valence-electron chi connectivity index (χ0n) is 11.2. The molecule has 1 fully saturated rings. The molecule has 2 aliphatic carbocycles. The molecule has 0 amide bonds. The first-order chi connectivity index (χ1) is 7.57. The van der Waals surface area contributed by atoms with Gasteiger partial charge in [0.1, 0.15) is 0 Å². The molecule has 0 aromatic rings. The van der Waals surface area contributed by atoms with Crippen LogP contribution in [-0.2, 0) is 20.3 Å². The van der Waals surface area contributed by atoms with Gasteiger partial charge in [0.2, 0.25) is 0 Å². The molecular formula is C15H26Zr. The Balaban J connectivity index is 2.03. The molecule has 0 aromatic heterocycles. The van der Waals surface area contributed by atoms with Gasteiger partial charge in [0.25, 0.3) is 0 Å². The Bertz CT molecular complexity index is 298. The van der Waals surface area contributed by atoms with Crippen molar-refractivity contribution >= 4 is 0 Å². The SMILES string of the molecule is [CH3][Zr]([CH3])([CH3])[C]1=C(CC2CCCCC2)C=CC1. The molecule has 2 rings (SSSR count). The van der Waals surface area contributed by atoms with Crippen LogP contribution in [0.3, 0.4) is 0 Å². The van der Waals surface area contributed by atoms with Gasteiger partial charge in [0.05, 0.1) is 0 Å². The second-order valence-electron chi connectivity index (χ2n) is 6.57. The molecule has 0 aromatic carbocycles. The third-order valence-corrected chi connectivity index (χ3v) is 9.91. The Morgan fingerprint density at radius 3 is 2.44 bits per heavy atom. The van der Waals surface area contributed by atoms with E-state index in [1.165, 1.54) is 44.9 Å². The summed E-state index contributed by atoms with van der Waals surface area (Å²) in [6.07, 6.45) is 15.0. The Morgan fingerprint density at radius 2 is 1.81 bits per heavy atom. The van der Waals surface area contributed by atoms with Gasteiger partial charge in [-0.3, -0.25) is 0 Å². The van der Waals surface area contributed by atoms with E-state index >= 15 is 0 Å². The fourth-order valence-electron chi connectivity index (χ4n) is 3.23. The van der Waals surface area contributed by atoms with Crippen LogP contribution in [0.5, 0.6) is 0 Å². The Kier molecular flexibility index (Phi) is 4.28. The van der Waals surface area contributed by atoms with Crippen LogP contribution in [0.4, 0.5) is 0 Å². The molecule has 0 saturated heterocycles. The van der Waals surface area contributed by atoms with E-state index in [-0.39, 0.29) is 0 Å². The molecular weight excluding hydrogens is 271 g/mol. The van der Waals surface area contributed by atoms with E-state index in [2.05, 4.69) is 26.0 Å². The summed E-state index contributed by atoms with van der Waals surface area (Å²) in [6.45, 7) is 0. The van der Waals surface area contributed by atoms with Crippen LogP contribution in [0, 0.1) is 5.92 Å². The molecule has 0 aliphatic heterocycles. The van der Waals surface area contributed by atoms with Crippen molar-refractivity contribution in [2.45, 2.75) is 58.8 Å². The molecule has 1 saturated carbocycles. The summed E-state index contributed by atoms with van der Waals surface area (Å²) in [4.78, 5) is 0. The zero-order chi connectivity index (χ0) is 11.6. The number of hydrogen-bond donors (Lipinski definition) is 0. The molecule has 0 nitrogen and oxygen atoms in total. The first-order valence-electron chi connectivity index (χ1n) is 6.96. The van der Waals surface area contributed by atoms with E-state index in [1.807, 2.05) is 3.28 Å². The minimum atomic E-state index is -1.78. The van der Waals surface area contributed by atoms with Crippen molar-refractivity contribution in [1.29, 1.82) is 0 Å². The summed E-state index contributed by atoms with van der Waals surface area (Å²) in [7, 11) is 0. The van der Waals surface area contributed by atoms with Crippen molar-refractivity contribution in [3.8, 4) is 0 Å². The molecule has 0 N–H and O–H groups in total. The van der Waals surface area contributed by atoms with Crippen molar-refractivity contribution < 1.29 is 20.3 Å². The molecule has 0 heterocycles. The van der Waals surface area contributed by atoms with Crippen LogP contribution in [-0.4, -0.2) is 0 Å². The van der Waals surface area contributed by atoms with Crippen molar-refractivity contribution in [1.82, 2.24) is 0 Å². The van der Waals surface area contributed by atoms with E-state index in [9.17, 15) is 0 Å². The van der Waals surface area contributed by atoms with E-state index in [4.69, 9.17) is 0 Å². The number of hydrogen-bond acceptors (Lipinski definition) is 0. The van der Waals surface area contributed by atoms with Gasteiger partial charge in [-0.05, 0) is 0 Å². The van der Waals surface area contributed by atoms with Gasteiger partial charge >= 0.3 is 106 Å². The van der Waals surface area contributed by atoms with Crippen LogP contribution >= 0.6 is 0 Å². The molecule has 90 valence electrons. The second kappa shape index (κ2) is 5.34. The van der Waals surface area contributed by atoms with Crippen molar-refractivity contribution in [2.75, 3.05) is 0 Å². The Morgan fingerprint density at radius 1 is 1.12 bits per heavy atom. The molecule has 1 heteroatoms. The van der Waals surface area contributed by atoms with Crippen LogP contribution in [0.1, 0.15) is 44.9 Å². The first-order valence-corrected chi connectivity index (χ1v) is 15.6. The summed E-state index contributed by atoms with van der Waals surface area (Å²) in [5.41, 5.74) is 1.76. The molecule has 16 heavy (non-hydrogen) atoms. The van der Waals surface area contributed by atoms with Crippen molar-refractivity contribution in [3.05, 3.63) is 21.0 Å². The average molecular weight is 298 g/mol. The molecule has 0 radical (unpaired) electrons. The van der Waals surface area contributed by atoms with Gasteiger partial charge in [-0.25, -0.2) is 0 Å². The van der Waals surface area contributed by atoms with Crippen LogP contribution in [0.15, 0.2) is 21.0 Å². The quantitative estimate of drug-likeness (QED) is 0.648. The first kappa shape index (κ1) is 12.8. The van der Waals surface area contributed by atoms with Gasteiger partial charge in [-0.1, -0.05) is 0 Å². The molecule has 0 atom stereocenters. The molecule has 0 spiro atoms. The monoisotopic (exact) mass is 296 g/mol. The van der Waals surface area contributed by atoms with Gasteiger partial charge in [0.15, 0.2) is 0 Å². The van der Waals surface area contributed by atoms with Crippen LogP contribution in [0.25, 0.3) is 0 Å². The maximum absolute atomic E-state index is 2.57. The molecule has 0 unspecified atom stereocenters. The predicted molar refractivity (Wildman–Crippen MR) is 69.6 cm³/mol. The fraction of sp³-hybridized carbons (Fsp3) is 0.733. The minimum absolute atomic E-state index is 1.01. The van der Waals surface area contributed by atoms with Crippen LogP contribution < -0.4 is 0 Å². The predicted octanol–water partition coefficient (Wildman–Crippen LogP) is 5.47. The molecule has 2 aliphatic rings. The van der Waals surface area contributed by atoms with E-state index in [0.717, 1.165) is 5.92 Å². The number of allylic oxidation sites excluding steroid dienone is 4. The number of rotatable bonds is 3. The Labute approximate surface area is 106 Å². The summed E-state index contributed by atoms with van der Waals surface area (Å²) < 4.78 is 9.60. The fourth-order valence-corrected chi connectivity index (χ4v) is 7.85. The van der Waals surface area contributed by atoms with Crippen molar-refractivity contribution in [2.24, 2.45) is 5.92 Å². The average Bonchev–Trinajstić information content (AvgIpc) is 2.67. The Hall–Kier alpha value is 0.363. The van der Waals surface area contributed by atoms with E-state index < -0.39 is 20.3 Å². The van der Waals surface area contributed by atoms with Crippen LogP contribution in [0.2, 0.25) is 13.9 Å². The van der Waals surface area contributed by atoms with Crippen molar-refractivity contribution in [3.63, 3.8) is 0 Å². The van der Waals surface area contributed by atoms with E-state index in [1.54, 1.807) is 5.57 Å². The summed E-state index contributed by atoms with van der Waals surface area (Å²) >= 11 is -1.78. The zero-order valence-corrected chi connectivity index (χ0v) is 13.6. The summed E-state index contributed by atoms with van der Waals surface area (Å²) in [5.74, 6) is 1.01. The summed E-state index contributed by atoms with van der Waals surface area (Å²) in [6, 6.07) is 0. The molecule has 0 bridgehead atoms. The summed E-state index contributed by atoms with van der Waals surface area (Å²) in [5, 5.41) is 0. The standard InChI is InChI=1S/C12H17.3CH3.Zr/c1-2-6-11(7-3-1)10-12-8-4-5-9-12;;;;/h4,8,11H,1-3,5-7,10H2;3*1H3;. The van der Waals surface area contributed by atoms with Gasteiger partial charge in [-0.2, -0.15) is 0 Å².